The summed E-state index contributed by atoms with van der Waals surface area (Å²) in [6, 6.07) is 13.5. The molecule has 0 heterocycles. The maximum atomic E-state index is 13.9. The van der Waals surface area contributed by atoms with Gasteiger partial charge in [-0.2, -0.15) is 0 Å². The van der Waals surface area contributed by atoms with Crippen molar-refractivity contribution in [2.75, 3.05) is 11.1 Å². The second-order valence-electron chi connectivity index (χ2n) is 5.10. The van der Waals surface area contributed by atoms with Crippen molar-refractivity contribution in [3.05, 3.63) is 59.9 Å². The van der Waals surface area contributed by atoms with E-state index in [9.17, 15) is 9.18 Å². The van der Waals surface area contributed by atoms with Crippen molar-refractivity contribution in [1.82, 2.24) is 0 Å². The third kappa shape index (κ3) is 2.03. The van der Waals surface area contributed by atoms with Crippen LogP contribution in [0.3, 0.4) is 0 Å². The summed E-state index contributed by atoms with van der Waals surface area (Å²) in [4.78, 5) is 12.5. The number of rotatable bonds is 3. The van der Waals surface area contributed by atoms with Gasteiger partial charge in [0.1, 0.15) is 5.82 Å². The Hall–Kier alpha value is -2.36. The van der Waals surface area contributed by atoms with Crippen LogP contribution in [0, 0.1) is 5.82 Å². The Labute approximate surface area is 116 Å². The number of hydrogen-bond donors (Lipinski definition) is 2. The van der Waals surface area contributed by atoms with E-state index in [-0.39, 0.29) is 11.7 Å². The predicted molar refractivity (Wildman–Crippen MR) is 76.8 cm³/mol. The first kappa shape index (κ1) is 12.7. The molecule has 4 heteroatoms. The van der Waals surface area contributed by atoms with Gasteiger partial charge in [0.25, 0.3) is 0 Å². The van der Waals surface area contributed by atoms with Crippen LogP contribution in [0.25, 0.3) is 0 Å². The number of halogens is 1. The minimum Gasteiger partial charge on any atom is -0.397 e. The summed E-state index contributed by atoms with van der Waals surface area (Å²) in [7, 11) is 0. The van der Waals surface area contributed by atoms with Gasteiger partial charge in [-0.3, -0.25) is 4.79 Å². The Morgan fingerprint density at radius 3 is 2.40 bits per heavy atom. The van der Waals surface area contributed by atoms with E-state index in [1.165, 1.54) is 6.07 Å². The minimum absolute atomic E-state index is 0.194. The molecule has 3 rings (SSSR count). The molecule has 0 aromatic heterocycles. The Morgan fingerprint density at radius 1 is 1.10 bits per heavy atom. The van der Waals surface area contributed by atoms with Gasteiger partial charge in [-0.1, -0.05) is 30.3 Å². The number of para-hydroxylation sites is 2. The van der Waals surface area contributed by atoms with Gasteiger partial charge in [-0.25, -0.2) is 4.39 Å². The van der Waals surface area contributed by atoms with E-state index in [4.69, 9.17) is 5.73 Å². The summed E-state index contributed by atoms with van der Waals surface area (Å²) in [5.41, 5.74) is 6.61. The number of carbonyl (C=O) groups excluding carboxylic acids is 1. The molecule has 0 aliphatic heterocycles. The summed E-state index contributed by atoms with van der Waals surface area (Å²) in [5.74, 6) is -0.526. The van der Waals surface area contributed by atoms with Gasteiger partial charge < -0.3 is 11.1 Å². The van der Waals surface area contributed by atoms with Crippen LogP contribution in [0.1, 0.15) is 18.4 Å². The topological polar surface area (TPSA) is 55.1 Å². The molecule has 0 saturated heterocycles. The Morgan fingerprint density at radius 2 is 1.75 bits per heavy atom. The lowest BCUT2D eigenvalue weighted by Crippen LogP contribution is -2.29. The average Bonchev–Trinajstić information content (AvgIpc) is 3.23. The highest BCUT2D eigenvalue weighted by Gasteiger charge is 2.52. The second kappa shape index (κ2) is 4.63. The monoisotopic (exact) mass is 270 g/mol. The summed E-state index contributed by atoms with van der Waals surface area (Å²) in [6.07, 6.45) is 1.32. The molecule has 1 aliphatic rings. The number of amides is 1. The summed E-state index contributed by atoms with van der Waals surface area (Å²) < 4.78 is 13.9. The molecule has 1 amide bonds. The lowest BCUT2D eigenvalue weighted by atomic mass is 9.94. The Bertz CT molecular complexity index is 665. The molecule has 0 bridgehead atoms. The predicted octanol–water partition coefficient (Wildman–Crippen LogP) is 3.08. The third-order valence-corrected chi connectivity index (χ3v) is 3.78. The van der Waals surface area contributed by atoms with Crippen LogP contribution < -0.4 is 11.1 Å². The van der Waals surface area contributed by atoms with E-state index in [1.807, 2.05) is 0 Å². The molecule has 1 saturated carbocycles. The van der Waals surface area contributed by atoms with Crippen LogP contribution in [-0.2, 0) is 10.2 Å². The van der Waals surface area contributed by atoms with Gasteiger partial charge in [0.05, 0.1) is 16.8 Å². The molecule has 2 aromatic rings. The normalized spacial score (nSPS) is 15.7. The van der Waals surface area contributed by atoms with Gasteiger partial charge >= 0.3 is 0 Å². The molecule has 20 heavy (non-hydrogen) atoms. The van der Waals surface area contributed by atoms with Gasteiger partial charge in [-0.05, 0) is 31.0 Å². The van der Waals surface area contributed by atoms with Crippen molar-refractivity contribution >= 4 is 17.3 Å². The van der Waals surface area contributed by atoms with Crippen LogP contribution in [0.4, 0.5) is 15.8 Å². The molecule has 0 spiro atoms. The maximum absolute atomic E-state index is 13.9. The number of nitrogen functional groups attached to an aromatic ring is 1. The molecule has 3 N–H and O–H groups in total. The zero-order valence-electron chi connectivity index (χ0n) is 10.9. The molecular formula is C16H15FN2O. The van der Waals surface area contributed by atoms with Gasteiger partial charge in [0.15, 0.2) is 0 Å². The highest BCUT2D eigenvalue weighted by atomic mass is 19.1. The lowest BCUT2D eigenvalue weighted by Gasteiger charge is -2.17. The SMILES string of the molecule is Nc1ccccc1NC(=O)C1(c2ccccc2F)CC1. The Balaban J connectivity index is 1.88. The van der Waals surface area contributed by atoms with Crippen molar-refractivity contribution in [2.24, 2.45) is 0 Å². The van der Waals surface area contributed by atoms with Crippen molar-refractivity contribution in [3.8, 4) is 0 Å². The zero-order chi connectivity index (χ0) is 14.2. The largest absolute Gasteiger partial charge is 0.397 e. The molecule has 1 aliphatic carbocycles. The van der Waals surface area contributed by atoms with Crippen molar-refractivity contribution < 1.29 is 9.18 Å². The average molecular weight is 270 g/mol. The van der Waals surface area contributed by atoms with E-state index in [2.05, 4.69) is 5.32 Å². The number of hydrogen-bond acceptors (Lipinski definition) is 2. The summed E-state index contributed by atoms with van der Waals surface area (Å²) in [5, 5.41) is 2.81. The fourth-order valence-corrected chi connectivity index (χ4v) is 2.45. The van der Waals surface area contributed by atoms with E-state index in [1.54, 1.807) is 42.5 Å². The molecule has 102 valence electrons. The standard InChI is InChI=1S/C16H15FN2O/c17-12-6-2-1-5-11(12)16(9-10-16)15(20)19-14-8-4-3-7-13(14)18/h1-8H,9-10,18H2,(H,19,20). The molecule has 1 fully saturated rings. The molecular weight excluding hydrogens is 255 g/mol. The molecule has 0 radical (unpaired) electrons. The molecule has 0 unspecified atom stereocenters. The van der Waals surface area contributed by atoms with Gasteiger partial charge in [-0.15, -0.1) is 0 Å². The lowest BCUT2D eigenvalue weighted by molar-refractivity contribution is -0.118. The first-order valence-corrected chi connectivity index (χ1v) is 6.54. The minimum atomic E-state index is -0.742. The van der Waals surface area contributed by atoms with E-state index < -0.39 is 5.41 Å². The Kier molecular flexibility index (Phi) is 2.93. The first-order chi connectivity index (χ1) is 9.63. The first-order valence-electron chi connectivity index (χ1n) is 6.54. The zero-order valence-corrected chi connectivity index (χ0v) is 10.9. The van der Waals surface area contributed by atoms with Gasteiger partial charge in [0.2, 0.25) is 5.91 Å². The number of carbonyl (C=O) groups is 1. The van der Waals surface area contributed by atoms with Crippen molar-refractivity contribution in [2.45, 2.75) is 18.3 Å². The van der Waals surface area contributed by atoms with E-state index in [0.717, 1.165) is 0 Å². The highest BCUT2D eigenvalue weighted by molar-refractivity contribution is 6.03. The fourth-order valence-electron chi connectivity index (χ4n) is 2.45. The van der Waals surface area contributed by atoms with Crippen molar-refractivity contribution in [1.29, 1.82) is 0 Å². The third-order valence-electron chi connectivity index (χ3n) is 3.78. The molecule has 0 atom stereocenters. The number of nitrogens with two attached hydrogens (primary N) is 1. The fraction of sp³-hybridized carbons (Fsp3) is 0.188. The van der Waals surface area contributed by atoms with Crippen LogP contribution in [0.2, 0.25) is 0 Å². The molecule has 3 nitrogen and oxygen atoms in total. The van der Waals surface area contributed by atoms with E-state index in [0.29, 0.717) is 29.8 Å². The number of anilines is 2. The van der Waals surface area contributed by atoms with E-state index >= 15 is 0 Å². The summed E-state index contributed by atoms with van der Waals surface area (Å²) in [6.45, 7) is 0. The van der Waals surface area contributed by atoms with Crippen LogP contribution >= 0.6 is 0 Å². The quantitative estimate of drug-likeness (QED) is 0.842. The van der Waals surface area contributed by atoms with Crippen molar-refractivity contribution in [3.63, 3.8) is 0 Å². The molecule has 2 aromatic carbocycles. The van der Waals surface area contributed by atoms with Crippen LogP contribution in [0.5, 0.6) is 0 Å². The van der Waals surface area contributed by atoms with Crippen LogP contribution in [-0.4, -0.2) is 5.91 Å². The smallest absolute Gasteiger partial charge is 0.235 e. The summed E-state index contributed by atoms with van der Waals surface area (Å²) >= 11 is 0. The van der Waals surface area contributed by atoms with Crippen LogP contribution in [0.15, 0.2) is 48.5 Å². The highest BCUT2D eigenvalue weighted by Crippen LogP contribution is 2.49. The maximum Gasteiger partial charge on any atom is 0.235 e. The van der Waals surface area contributed by atoms with Gasteiger partial charge in [0, 0.05) is 5.56 Å². The second-order valence-corrected chi connectivity index (χ2v) is 5.10. The number of nitrogens with one attached hydrogen (secondary N) is 1. The number of benzene rings is 2.